The minimum atomic E-state index is -0.278. The van der Waals surface area contributed by atoms with Crippen molar-refractivity contribution in [2.45, 2.75) is 39.3 Å². The maximum atomic E-state index is 9.62. The highest BCUT2D eigenvalue weighted by Gasteiger charge is 2.17. The van der Waals surface area contributed by atoms with E-state index in [1.165, 1.54) is 0 Å². The van der Waals surface area contributed by atoms with Crippen LogP contribution in [0.25, 0.3) is 0 Å². The van der Waals surface area contributed by atoms with Crippen LogP contribution in [0, 0.1) is 0 Å². The van der Waals surface area contributed by atoms with Gasteiger partial charge in [-0.15, -0.1) is 5.10 Å². The molecule has 22 heavy (non-hydrogen) atoms. The molecule has 2 atom stereocenters. The number of aliphatic hydroxyl groups excluding tert-OH is 1. The molecule has 118 valence electrons. The van der Waals surface area contributed by atoms with Gasteiger partial charge in [0.25, 0.3) is 0 Å². The molecule has 0 saturated carbocycles. The van der Waals surface area contributed by atoms with E-state index >= 15 is 0 Å². The molecule has 0 bridgehead atoms. The van der Waals surface area contributed by atoms with Crippen LogP contribution in [0.3, 0.4) is 0 Å². The topological polar surface area (TPSA) is 72.5 Å². The summed E-state index contributed by atoms with van der Waals surface area (Å²) in [4.78, 5) is 5.34. The molecule has 1 aromatic carbocycles. The summed E-state index contributed by atoms with van der Waals surface area (Å²) in [7, 11) is 0. The minimum Gasteiger partial charge on any atom is -0.394 e. The third-order valence-electron chi connectivity index (χ3n) is 3.24. The van der Waals surface area contributed by atoms with E-state index in [2.05, 4.69) is 15.5 Å². The molecule has 2 rings (SSSR count). The van der Waals surface area contributed by atoms with Crippen molar-refractivity contribution in [3.63, 3.8) is 0 Å². The van der Waals surface area contributed by atoms with Crippen molar-refractivity contribution in [3.05, 3.63) is 47.8 Å². The van der Waals surface area contributed by atoms with Gasteiger partial charge >= 0.3 is 0 Å². The van der Waals surface area contributed by atoms with Crippen molar-refractivity contribution in [1.82, 2.24) is 15.0 Å². The van der Waals surface area contributed by atoms with Crippen LogP contribution in [0.1, 0.15) is 44.2 Å². The van der Waals surface area contributed by atoms with E-state index in [0.717, 1.165) is 11.3 Å². The fourth-order valence-electron chi connectivity index (χ4n) is 2.02. The van der Waals surface area contributed by atoms with E-state index in [0.29, 0.717) is 12.1 Å². The van der Waals surface area contributed by atoms with Crippen molar-refractivity contribution < 1.29 is 9.94 Å². The molecule has 6 heteroatoms. The number of oxime groups is 1. The van der Waals surface area contributed by atoms with Gasteiger partial charge in [0, 0.05) is 0 Å². The van der Waals surface area contributed by atoms with Gasteiger partial charge in [0.2, 0.25) is 0 Å². The summed E-state index contributed by atoms with van der Waals surface area (Å²) >= 11 is 0. The Bertz CT molecular complexity index is 606. The molecule has 0 radical (unpaired) electrons. The largest absolute Gasteiger partial charge is 0.394 e. The summed E-state index contributed by atoms with van der Waals surface area (Å²) in [6.07, 6.45) is 2.22. The molecule has 0 spiro atoms. The maximum absolute atomic E-state index is 9.62. The van der Waals surface area contributed by atoms with Gasteiger partial charge in [0.05, 0.1) is 24.6 Å². The van der Waals surface area contributed by atoms with Crippen LogP contribution in [0.5, 0.6) is 0 Å². The molecule has 6 nitrogen and oxygen atoms in total. The second-order valence-corrected chi connectivity index (χ2v) is 5.44. The number of nitrogens with zero attached hydrogens (tertiary/aromatic N) is 4. The van der Waals surface area contributed by atoms with Gasteiger partial charge < -0.3 is 9.94 Å². The predicted octanol–water partition coefficient (Wildman–Crippen LogP) is 2.53. The Labute approximate surface area is 130 Å². The average Bonchev–Trinajstić information content (AvgIpc) is 3.01. The van der Waals surface area contributed by atoms with Gasteiger partial charge in [-0.1, -0.05) is 40.7 Å². The molecular weight excluding hydrogens is 280 g/mol. The lowest BCUT2D eigenvalue weighted by Crippen LogP contribution is -2.16. The Morgan fingerprint density at radius 1 is 1.32 bits per heavy atom. The Balaban J connectivity index is 2.06. The molecule has 0 aliphatic heterocycles. The Hall–Kier alpha value is -2.21. The summed E-state index contributed by atoms with van der Waals surface area (Å²) in [5.41, 5.74) is 2.68. The Morgan fingerprint density at radius 3 is 2.68 bits per heavy atom. The van der Waals surface area contributed by atoms with E-state index in [1.807, 2.05) is 51.1 Å². The first kappa shape index (κ1) is 16.2. The summed E-state index contributed by atoms with van der Waals surface area (Å²) < 4.78 is 1.69. The van der Waals surface area contributed by atoms with Gasteiger partial charge in [0.15, 0.2) is 6.10 Å². The minimum absolute atomic E-state index is 0.000840. The first-order valence-corrected chi connectivity index (χ1v) is 7.33. The Morgan fingerprint density at radius 2 is 2.05 bits per heavy atom. The van der Waals surface area contributed by atoms with Crippen molar-refractivity contribution in [2.75, 3.05) is 6.61 Å². The molecule has 1 N–H and O–H groups in total. The number of aliphatic hydroxyl groups is 1. The van der Waals surface area contributed by atoms with Crippen molar-refractivity contribution in [2.24, 2.45) is 5.16 Å². The van der Waals surface area contributed by atoms with Gasteiger partial charge in [-0.05, 0) is 32.8 Å². The fourth-order valence-corrected chi connectivity index (χ4v) is 2.02. The zero-order valence-corrected chi connectivity index (χ0v) is 13.2. The quantitative estimate of drug-likeness (QED) is 0.630. The first-order valence-electron chi connectivity index (χ1n) is 7.33. The maximum Gasteiger partial charge on any atom is 0.169 e. The molecule has 2 aromatic rings. The lowest BCUT2D eigenvalue weighted by molar-refractivity contribution is 0.0689. The zero-order valence-electron chi connectivity index (χ0n) is 13.2. The number of hydrogen-bond acceptors (Lipinski definition) is 5. The zero-order chi connectivity index (χ0) is 15.9. The van der Waals surface area contributed by atoms with Gasteiger partial charge in [-0.2, -0.15) is 0 Å². The number of hydrogen-bond donors (Lipinski definition) is 1. The number of rotatable bonds is 7. The molecule has 0 aliphatic carbocycles. The van der Waals surface area contributed by atoms with Gasteiger partial charge in [-0.3, -0.25) is 0 Å². The van der Waals surface area contributed by atoms with Crippen molar-refractivity contribution in [1.29, 1.82) is 0 Å². The van der Waals surface area contributed by atoms with Crippen molar-refractivity contribution >= 4 is 5.71 Å². The molecule has 0 saturated heterocycles. The molecule has 0 fully saturated rings. The van der Waals surface area contributed by atoms with Crippen LogP contribution >= 0.6 is 0 Å². The SMILES string of the molecule is CC(C)=NO[C@H](C)c1cn([C@H](CO)Cc2ccccc2)nn1. The van der Waals surface area contributed by atoms with Gasteiger partial charge in [-0.25, -0.2) is 4.68 Å². The lowest BCUT2D eigenvalue weighted by Gasteiger charge is -2.14. The van der Waals surface area contributed by atoms with Crippen LogP contribution in [0.4, 0.5) is 0 Å². The van der Waals surface area contributed by atoms with Crippen LogP contribution < -0.4 is 0 Å². The molecule has 1 aromatic heterocycles. The average molecular weight is 302 g/mol. The van der Waals surface area contributed by atoms with Crippen LogP contribution in [0.2, 0.25) is 0 Å². The van der Waals surface area contributed by atoms with Gasteiger partial charge in [0.1, 0.15) is 5.69 Å². The summed E-state index contributed by atoms with van der Waals surface area (Å²) in [6.45, 7) is 5.60. The van der Waals surface area contributed by atoms with E-state index in [1.54, 1.807) is 10.9 Å². The first-order chi connectivity index (χ1) is 10.6. The van der Waals surface area contributed by atoms with E-state index in [4.69, 9.17) is 4.84 Å². The summed E-state index contributed by atoms with van der Waals surface area (Å²) in [6, 6.07) is 9.86. The monoisotopic (exact) mass is 302 g/mol. The second-order valence-electron chi connectivity index (χ2n) is 5.44. The third-order valence-corrected chi connectivity index (χ3v) is 3.24. The lowest BCUT2D eigenvalue weighted by atomic mass is 10.1. The molecule has 1 heterocycles. The smallest absolute Gasteiger partial charge is 0.169 e. The molecule has 0 aliphatic rings. The summed E-state index contributed by atoms with van der Waals surface area (Å²) in [5.74, 6) is 0. The second kappa shape index (κ2) is 7.70. The Kier molecular flexibility index (Phi) is 5.66. The number of aromatic nitrogens is 3. The number of benzene rings is 1. The van der Waals surface area contributed by atoms with Crippen molar-refractivity contribution in [3.8, 4) is 0 Å². The third kappa shape index (κ3) is 4.39. The molecule has 0 amide bonds. The fraction of sp³-hybridized carbons (Fsp3) is 0.438. The highest BCUT2D eigenvalue weighted by atomic mass is 16.6. The normalized spacial score (nSPS) is 13.5. The predicted molar refractivity (Wildman–Crippen MR) is 84.6 cm³/mol. The van der Waals surface area contributed by atoms with Crippen LogP contribution in [-0.4, -0.2) is 32.4 Å². The highest BCUT2D eigenvalue weighted by Crippen LogP contribution is 2.18. The molecular formula is C16H22N4O2. The van der Waals surface area contributed by atoms with E-state index in [-0.39, 0.29) is 18.8 Å². The van der Waals surface area contributed by atoms with Crippen LogP contribution in [0.15, 0.2) is 41.7 Å². The van der Waals surface area contributed by atoms with Crippen LogP contribution in [-0.2, 0) is 11.3 Å². The highest BCUT2D eigenvalue weighted by molar-refractivity contribution is 5.78. The molecule has 0 unspecified atom stereocenters. The summed E-state index contributed by atoms with van der Waals surface area (Å²) in [5, 5.41) is 21.8. The van der Waals surface area contributed by atoms with E-state index in [9.17, 15) is 5.11 Å². The van der Waals surface area contributed by atoms with E-state index < -0.39 is 0 Å². The standard InChI is InChI=1S/C16H22N4O2/c1-12(2)18-22-13(3)16-10-20(19-17-16)15(11-21)9-14-7-5-4-6-8-14/h4-8,10,13,15,21H,9,11H2,1-3H3/t13-,15+/m1/s1.